The number of ether oxygens (including phenoxy) is 1. The lowest BCUT2D eigenvalue weighted by Crippen LogP contribution is -2.50. The molecule has 0 aliphatic carbocycles. The van der Waals surface area contributed by atoms with E-state index in [1.54, 1.807) is 23.4 Å². The molecule has 3 aromatic rings. The second-order valence-corrected chi connectivity index (χ2v) is 14.8. The first kappa shape index (κ1) is 36.6. The van der Waals surface area contributed by atoms with Crippen LogP contribution in [0.2, 0.25) is 0 Å². The molecule has 53 heavy (non-hydrogen) atoms. The van der Waals surface area contributed by atoms with Gasteiger partial charge < -0.3 is 19.1 Å². The van der Waals surface area contributed by atoms with Crippen LogP contribution in [0.15, 0.2) is 35.7 Å². The van der Waals surface area contributed by atoms with Crippen molar-refractivity contribution in [2.24, 2.45) is 18.1 Å². The lowest BCUT2D eigenvalue weighted by molar-refractivity contribution is -0.138. The summed E-state index contributed by atoms with van der Waals surface area (Å²) < 4.78 is 51.6. The number of anilines is 2. The van der Waals surface area contributed by atoms with E-state index in [1.807, 2.05) is 22.6 Å². The lowest BCUT2D eigenvalue weighted by atomic mass is 9.75. The van der Waals surface area contributed by atoms with E-state index in [2.05, 4.69) is 32.0 Å². The third kappa shape index (κ3) is 7.69. The van der Waals surface area contributed by atoms with Crippen LogP contribution in [0.25, 0.3) is 10.4 Å². The molecule has 282 valence electrons. The van der Waals surface area contributed by atoms with Gasteiger partial charge in [-0.3, -0.25) is 19.4 Å². The van der Waals surface area contributed by atoms with E-state index < -0.39 is 23.1 Å². The number of piperazine rings is 1. The first-order chi connectivity index (χ1) is 25.4. The van der Waals surface area contributed by atoms with Crippen LogP contribution in [0.4, 0.5) is 24.8 Å². The minimum atomic E-state index is -4.64. The Morgan fingerprint density at radius 3 is 2.55 bits per heavy atom. The molecule has 4 aliphatic rings. The monoisotopic (exact) mass is 735 g/mol. The summed E-state index contributed by atoms with van der Waals surface area (Å²) in [6.07, 6.45) is 0.302. The van der Waals surface area contributed by atoms with Gasteiger partial charge in [-0.05, 0) is 78.2 Å². The second kappa shape index (κ2) is 15.0. The van der Waals surface area contributed by atoms with Gasteiger partial charge in [0.2, 0.25) is 5.91 Å². The Hall–Kier alpha value is -4.73. The molecule has 7 rings (SSSR count). The maximum absolute atomic E-state index is 14.7. The van der Waals surface area contributed by atoms with Crippen molar-refractivity contribution >= 4 is 23.5 Å². The maximum Gasteiger partial charge on any atom is 0.416 e. The molecule has 4 aliphatic heterocycles. The third-order valence-electron chi connectivity index (χ3n) is 11.0. The highest BCUT2D eigenvalue weighted by Crippen LogP contribution is 2.42. The van der Waals surface area contributed by atoms with Gasteiger partial charge in [0.1, 0.15) is 23.8 Å². The number of benzene rings is 1. The third-order valence-corrected chi connectivity index (χ3v) is 11.0. The lowest BCUT2D eigenvalue weighted by Gasteiger charge is -2.43. The maximum atomic E-state index is 14.7. The van der Waals surface area contributed by atoms with Crippen LogP contribution in [0.5, 0.6) is 0 Å². The molecule has 0 N–H and O–H groups in total. The van der Waals surface area contributed by atoms with E-state index >= 15 is 0 Å². The predicted octanol–water partition coefficient (Wildman–Crippen LogP) is 4.87. The molecule has 6 heterocycles. The number of piperidine rings is 1. The summed E-state index contributed by atoms with van der Waals surface area (Å²) >= 11 is 0. The molecule has 2 amide bonds. The summed E-state index contributed by atoms with van der Waals surface area (Å²) in [4.78, 5) is 42.1. The van der Waals surface area contributed by atoms with Crippen molar-refractivity contribution in [1.82, 2.24) is 29.5 Å². The smallest absolute Gasteiger partial charge is 0.379 e. The molecule has 0 unspecified atom stereocenters. The normalized spacial score (nSPS) is 20.3. The Morgan fingerprint density at radius 1 is 1.11 bits per heavy atom. The van der Waals surface area contributed by atoms with Gasteiger partial charge in [-0.1, -0.05) is 12.0 Å². The molecule has 1 atom stereocenters. The fourth-order valence-electron chi connectivity index (χ4n) is 7.97. The van der Waals surface area contributed by atoms with Crippen LogP contribution in [0.1, 0.15) is 71.0 Å². The summed E-state index contributed by atoms with van der Waals surface area (Å²) in [7, 11) is 1.86. The van der Waals surface area contributed by atoms with Gasteiger partial charge in [0, 0.05) is 81.6 Å². The Labute approximate surface area is 305 Å². The number of pyridine rings is 1. The van der Waals surface area contributed by atoms with Gasteiger partial charge in [0.25, 0.3) is 5.91 Å². The molecule has 0 spiro atoms. The number of hydrogen-bond acceptors (Lipinski definition) is 9. The molecule has 2 aromatic heterocycles. The van der Waals surface area contributed by atoms with Crippen LogP contribution in [0, 0.1) is 5.92 Å². The van der Waals surface area contributed by atoms with Gasteiger partial charge in [-0.25, -0.2) is 4.98 Å². The Morgan fingerprint density at radius 2 is 1.89 bits per heavy atom. The van der Waals surface area contributed by atoms with Crippen molar-refractivity contribution in [3.63, 3.8) is 0 Å². The van der Waals surface area contributed by atoms with Crippen LogP contribution >= 0.6 is 0 Å². The molecule has 0 bridgehead atoms. The molecule has 14 nitrogen and oxygen atoms in total. The topological polar surface area (TPSA) is 149 Å². The number of aromatic nitrogens is 4. The molecule has 17 heteroatoms. The van der Waals surface area contributed by atoms with E-state index in [1.165, 1.54) is 11.0 Å². The van der Waals surface area contributed by atoms with E-state index in [4.69, 9.17) is 15.3 Å². The molecule has 0 saturated carbocycles. The van der Waals surface area contributed by atoms with Crippen molar-refractivity contribution < 1.29 is 27.5 Å². The molecular weight excluding hydrogens is 691 g/mol. The highest BCUT2D eigenvalue weighted by Gasteiger charge is 2.45. The second-order valence-electron chi connectivity index (χ2n) is 14.8. The fourth-order valence-corrected chi connectivity index (χ4v) is 7.97. The Kier molecular flexibility index (Phi) is 10.3. The van der Waals surface area contributed by atoms with Crippen LogP contribution in [0.3, 0.4) is 0 Å². The van der Waals surface area contributed by atoms with Crippen molar-refractivity contribution in [2.45, 2.75) is 63.7 Å². The van der Waals surface area contributed by atoms with Gasteiger partial charge >= 0.3 is 6.18 Å². The summed E-state index contributed by atoms with van der Waals surface area (Å²) in [5, 5.41) is 11.8. The summed E-state index contributed by atoms with van der Waals surface area (Å²) in [6.45, 7) is 6.68. The van der Waals surface area contributed by atoms with E-state index in [0.29, 0.717) is 76.1 Å². The molecule has 3 fully saturated rings. The summed E-state index contributed by atoms with van der Waals surface area (Å²) in [5.41, 5.74) is 8.54. The largest absolute Gasteiger partial charge is 0.416 e. The van der Waals surface area contributed by atoms with Crippen LogP contribution in [-0.2, 0) is 47.7 Å². The standard InChI is InChI=1S/C36H44F3N11O3/c1-24-5-4-8-47(18-24)19-25-13-27-28(29(14-25)36(37,38)39)20-50(34(27)52)31-16-26(35(21-53-22-35)17-32-44-42-23-46(32)2)15-30(43-31)48-9-11-49(12-10-48)33(51)6-3-7-41-45-40/h13-16,23-24H,3-12,17-22H2,1-2H3/t24-/m0/s1. The van der Waals surface area contributed by atoms with Crippen molar-refractivity contribution in [3.05, 3.63) is 74.7 Å². The van der Waals surface area contributed by atoms with Crippen molar-refractivity contribution in [3.8, 4) is 0 Å². The van der Waals surface area contributed by atoms with Gasteiger partial charge in [0.15, 0.2) is 0 Å². The van der Waals surface area contributed by atoms with E-state index in [9.17, 15) is 22.8 Å². The minimum absolute atomic E-state index is 0.0236. The molecule has 1 aromatic carbocycles. The van der Waals surface area contributed by atoms with Crippen molar-refractivity contribution in [2.75, 3.05) is 68.8 Å². The number of rotatable bonds is 11. The van der Waals surface area contributed by atoms with Crippen molar-refractivity contribution in [1.29, 1.82) is 0 Å². The number of azide groups is 1. The summed E-state index contributed by atoms with van der Waals surface area (Å²) in [5.74, 6) is 1.50. The Balaban J connectivity index is 1.20. The highest BCUT2D eigenvalue weighted by molar-refractivity contribution is 6.10. The zero-order chi connectivity index (χ0) is 37.3. The molecule has 0 radical (unpaired) electrons. The van der Waals surface area contributed by atoms with Gasteiger partial charge in [-0.15, -0.1) is 10.2 Å². The highest BCUT2D eigenvalue weighted by atomic mass is 19.4. The number of hydrogen-bond donors (Lipinski definition) is 0. The van der Waals surface area contributed by atoms with E-state index in [0.717, 1.165) is 37.3 Å². The number of amides is 2. The predicted molar refractivity (Wildman–Crippen MR) is 189 cm³/mol. The SMILES string of the molecule is C[C@H]1CCCN(Cc2cc3c(c(C(F)(F)F)c2)CN(c2cc(C4(Cc5nncn5C)COC4)cc(N4CCN(C(=O)CCCN=[N+]=[N-])CC4)n2)C3=O)C1. The minimum Gasteiger partial charge on any atom is -0.379 e. The number of likely N-dealkylation sites (tertiary alicyclic amines) is 1. The average Bonchev–Trinajstić information content (AvgIpc) is 3.68. The van der Waals surface area contributed by atoms with Crippen LogP contribution in [-0.4, -0.2) is 100 Å². The number of aryl methyl sites for hydroxylation is 1. The fraction of sp³-hybridized carbons (Fsp3) is 0.583. The number of alkyl halides is 3. The molecular formula is C36H44F3N11O3. The zero-order valence-electron chi connectivity index (χ0n) is 30.1. The average molecular weight is 736 g/mol. The number of halogens is 3. The zero-order valence-corrected chi connectivity index (χ0v) is 30.1. The Bertz CT molecular complexity index is 1900. The number of carbonyl (C=O) groups excluding carboxylic acids is 2. The summed E-state index contributed by atoms with van der Waals surface area (Å²) in [6, 6.07) is 6.61. The quantitative estimate of drug-likeness (QED) is 0.117. The first-order valence-electron chi connectivity index (χ1n) is 18.2. The van der Waals surface area contributed by atoms with E-state index in [-0.39, 0.29) is 42.4 Å². The number of nitrogens with zero attached hydrogens (tertiary/aromatic N) is 11. The number of fused-ring (bicyclic) bond motifs is 1. The first-order valence-corrected chi connectivity index (χ1v) is 18.2. The van der Waals surface area contributed by atoms with Gasteiger partial charge in [-0.2, -0.15) is 13.2 Å². The number of carbonyl (C=O) groups is 2. The van der Waals surface area contributed by atoms with Crippen LogP contribution < -0.4 is 9.80 Å². The van der Waals surface area contributed by atoms with Gasteiger partial charge in [0.05, 0.1) is 25.3 Å². The molecule has 3 saturated heterocycles.